The van der Waals surface area contributed by atoms with Crippen LogP contribution in [0.15, 0.2) is 78.0 Å². The van der Waals surface area contributed by atoms with Gasteiger partial charge in [-0.2, -0.15) is 4.72 Å². The molecular formula is C25H30N6O4S. The second-order valence-electron chi connectivity index (χ2n) is 8.65. The Morgan fingerprint density at radius 1 is 0.972 bits per heavy atom. The number of piperazine rings is 1. The summed E-state index contributed by atoms with van der Waals surface area (Å²) < 4.78 is 28.1. The van der Waals surface area contributed by atoms with Crippen LogP contribution < -0.4 is 14.5 Å². The Kier molecular flexibility index (Phi) is 8.14. The van der Waals surface area contributed by atoms with Crippen molar-refractivity contribution in [3.63, 3.8) is 0 Å². The summed E-state index contributed by atoms with van der Waals surface area (Å²) in [5.74, 6) is -0.340. The van der Waals surface area contributed by atoms with E-state index in [1.807, 2.05) is 24.3 Å². The van der Waals surface area contributed by atoms with Crippen molar-refractivity contribution in [3.8, 4) is 0 Å². The first-order valence-electron chi connectivity index (χ1n) is 11.7. The summed E-state index contributed by atoms with van der Waals surface area (Å²) in [6.45, 7) is 3.73. The zero-order chi connectivity index (χ0) is 25.5. The molecule has 1 saturated heterocycles. The molecule has 0 amide bonds. The zero-order valence-electron chi connectivity index (χ0n) is 20.1. The summed E-state index contributed by atoms with van der Waals surface area (Å²) in [7, 11) is -2.15. The second kappa shape index (κ2) is 11.5. The fraction of sp³-hybridized carbons (Fsp3) is 0.320. The predicted octanol–water partition coefficient (Wildman–Crippen LogP) is 2.01. The Balaban J connectivity index is 1.37. The van der Waals surface area contributed by atoms with Crippen molar-refractivity contribution in [2.75, 3.05) is 43.0 Å². The van der Waals surface area contributed by atoms with Gasteiger partial charge < -0.3 is 14.9 Å². The number of anilines is 2. The number of hydrogen-bond donors (Lipinski definition) is 2. The molecule has 190 valence electrons. The molecule has 1 aliphatic rings. The number of aliphatic carboxylic acids is 1. The fourth-order valence-corrected chi connectivity index (χ4v) is 5.40. The standard InChI is InChI=1S/C25H30N6O4S/c1-29(23(18-24(32)33)28-36(34,35)22-6-3-2-4-7-22)19-20-8-10-21(11-9-20)30-14-16-31(17-15-30)25-26-12-5-13-27-25/h2-13,23,28H,14-19H2,1H3,(H,32,33). The molecule has 0 spiro atoms. The molecule has 1 aromatic heterocycles. The second-order valence-corrected chi connectivity index (χ2v) is 10.4. The van der Waals surface area contributed by atoms with E-state index in [-0.39, 0.29) is 11.3 Å². The quantitative estimate of drug-likeness (QED) is 0.395. The number of carboxylic acid groups (broad SMARTS) is 1. The van der Waals surface area contributed by atoms with Crippen LogP contribution in [0, 0.1) is 0 Å². The number of benzene rings is 2. The highest BCUT2D eigenvalue weighted by Gasteiger charge is 2.25. The lowest BCUT2D eigenvalue weighted by Gasteiger charge is -2.36. The van der Waals surface area contributed by atoms with Crippen LogP contribution in [-0.2, 0) is 21.4 Å². The van der Waals surface area contributed by atoms with Gasteiger partial charge in [-0.1, -0.05) is 30.3 Å². The highest BCUT2D eigenvalue weighted by atomic mass is 32.2. The monoisotopic (exact) mass is 510 g/mol. The van der Waals surface area contributed by atoms with Crippen LogP contribution in [0.25, 0.3) is 0 Å². The Hall–Kier alpha value is -3.54. The number of aromatic nitrogens is 2. The lowest BCUT2D eigenvalue weighted by Crippen LogP contribution is -2.47. The van der Waals surface area contributed by atoms with E-state index >= 15 is 0 Å². The predicted molar refractivity (Wildman–Crippen MR) is 137 cm³/mol. The highest BCUT2D eigenvalue weighted by Crippen LogP contribution is 2.20. The number of carboxylic acids is 1. The van der Waals surface area contributed by atoms with Gasteiger partial charge in [-0.15, -0.1) is 0 Å². The molecule has 1 atom stereocenters. The van der Waals surface area contributed by atoms with Crippen LogP contribution in [0.3, 0.4) is 0 Å². The van der Waals surface area contributed by atoms with E-state index in [0.717, 1.165) is 43.4 Å². The van der Waals surface area contributed by atoms with Gasteiger partial charge in [0.2, 0.25) is 16.0 Å². The van der Waals surface area contributed by atoms with Gasteiger partial charge in [0, 0.05) is 50.8 Å². The van der Waals surface area contributed by atoms with Crippen molar-refractivity contribution in [2.24, 2.45) is 0 Å². The summed E-state index contributed by atoms with van der Waals surface area (Å²) in [6, 6.07) is 17.8. The average molecular weight is 511 g/mol. The van der Waals surface area contributed by atoms with Crippen molar-refractivity contribution in [1.82, 2.24) is 19.6 Å². The number of carbonyl (C=O) groups is 1. The van der Waals surface area contributed by atoms with Crippen molar-refractivity contribution in [2.45, 2.75) is 24.0 Å². The Bertz CT molecular complexity index is 1230. The molecule has 2 heterocycles. The summed E-state index contributed by atoms with van der Waals surface area (Å²) in [5.41, 5.74) is 2.05. The van der Waals surface area contributed by atoms with E-state index in [4.69, 9.17) is 0 Å². The fourth-order valence-electron chi connectivity index (χ4n) is 4.13. The minimum Gasteiger partial charge on any atom is -0.481 e. The topological polar surface area (TPSA) is 119 Å². The van der Waals surface area contributed by atoms with Crippen LogP contribution >= 0.6 is 0 Å². The first-order valence-corrected chi connectivity index (χ1v) is 13.2. The Morgan fingerprint density at radius 2 is 1.58 bits per heavy atom. The summed E-state index contributed by atoms with van der Waals surface area (Å²) in [5, 5.41) is 9.36. The van der Waals surface area contributed by atoms with E-state index in [2.05, 4.69) is 24.5 Å². The zero-order valence-corrected chi connectivity index (χ0v) is 20.9. The summed E-state index contributed by atoms with van der Waals surface area (Å²) >= 11 is 0. The molecule has 10 nitrogen and oxygen atoms in total. The molecule has 3 aromatic rings. The number of rotatable bonds is 10. The molecule has 2 aromatic carbocycles. The summed E-state index contributed by atoms with van der Waals surface area (Å²) in [4.78, 5) is 26.3. The van der Waals surface area contributed by atoms with E-state index in [0.29, 0.717) is 6.54 Å². The Morgan fingerprint density at radius 3 is 2.19 bits per heavy atom. The number of sulfonamides is 1. The van der Waals surface area contributed by atoms with Crippen LogP contribution in [0.4, 0.5) is 11.6 Å². The highest BCUT2D eigenvalue weighted by molar-refractivity contribution is 7.89. The number of nitrogens with one attached hydrogen (secondary N) is 1. The normalized spacial score (nSPS) is 15.2. The average Bonchev–Trinajstić information content (AvgIpc) is 2.89. The molecule has 0 saturated carbocycles. The summed E-state index contributed by atoms with van der Waals surface area (Å²) in [6.07, 6.45) is 2.23. The minimum atomic E-state index is -3.86. The lowest BCUT2D eigenvalue weighted by molar-refractivity contribution is -0.138. The van der Waals surface area contributed by atoms with Gasteiger partial charge in [0.25, 0.3) is 0 Å². The molecule has 1 aliphatic heterocycles. The number of hydrogen-bond acceptors (Lipinski definition) is 8. The molecule has 36 heavy (non-hydrogen) atoms. The van der Waals surface area contributed by atoms with Gasteiger partial charge in [-0.05, 0) is 42.9 Å². The molecular weight excluding hydrogens is 480 g/mol. The number of nitrogens with zero attached hydrogens (tertiary/aromatic N) is 5. The SMILES string of the molecule is CN(Cc1ccc(N2CCN(c3ncccn3)CC2)cc1)C(CC(=O)O)NS(=O)(=O)c1ccccc1. The largest absolute Gasteiger partial charge is 0.481 e. The maximum absolute atomic E-state index is 12.8. The van der Waals surface area contributed by atoms with Crippen molar-refractivity contribution in [3.05, 3.63) is 78.6 Å². The van der Waals surface area contributed by atoms with Gasteiger partial charge in [0.05, 0.1) is 17.5 Å². The van der Waals surface area contributed by atoms with E-state index < -0.39 is 22.2 Å². The first-order chi connectivity index (χ1) is 17.3. The van der Waals surface area contributed by atoms with Crippen LogP contribution in [0.1, 0.15) is 12.0 Å². The van der Waals surface area contributed by atoms with Crippen molar-refractivity contribution < 1.29 is 18.3 Å². The van der Waals surface area contributed by atoms with E-state index in [1.54, 1.807) is 48.6 Å². The third-order valence-electron chi connectivity index (χ3n) is 6.09. The third-order valence-corrected chi connectivity index (χ3v) is 7.57. The van der Waals surface area contributed by atoms with Crippen molar-refractivity contribution >= 4 is 27.6 Å². The van der Waals surface area contributed by atoms with Gasteiger partial charge in [0.15, 0.2) is 0 Å². The molecule has 2 N–H and O–H groups in total. The smallest absolute Gasteiger partial charge is 0.306 e. The van der Waals surface area contributed by atoms with Crippen LogP contribution in [0.5, 0.6) is 0 Å². The molecule has 11 heteroatoms. The molecule has 0 radical (unpaired) electrons. The maximum Gasteiger partial charge on any atom is 0.306 e. The van der Waals surface area contributed by atoms with Gasteiger partial charge >= 0.3 is 5.97 Å². The Labute approximate surface area is 211 Å². The maximum atomic E-state index is 12.8. The molecule has 1 fully saturated rings. The molecule has 0 bridgehead atoms. The first kappa shape index (κ1) is 25.5. The van der Waals surface area contributed by atoms with Crippen molar-refractivity contribution in [1.29, 1.82) is 0 Å². The molecule has 1 unspecified atom stereocenters. The van der Waals surface area contributed by atoms with Gasteiger partial charge in [-0.3, -0.25) is 9.69 Å². The minimum absolute atomic E-state index is 0.0945. The van der Waals surface area contributed by atoms with Gasteiger partial charge in [0.1, 0.15) is 0 Å². The molecule has 4 rings (SSSR count). The molecule has 0 aliphatic carbocycles. The van der Waals surface area contributed by atoms with Gasteiger partial charge in [-0.25, -0.2) is 18.4 Å². The van der Waals surface area contributed by atoms with Crippen LogP contribution in [-0.4, -0.2) is 73.8 Å². The van der Waals surface area contributed by atoms with E-state index in [9.17, 15) is 18.3 Å². The van der Waals surface area contributed by atoms with Crippen LogP contribution in [0.2, 0.25) is 0 Å². The lowest BCUT2D eigenvalue weighted by atomic mass is 10.1. The van der Waals surface area contributed by atoms with E-state index in [1.165, 1.54) is 12.1 Å². The third kappa shape index (κ3) is 6.56.